The molecule has 7 heteroatoms. The number of carbonyl (C=O) groups is 1. The van der Waals surface area contributed by atoms with Gasteiger partial charge in [-0.05, 0) is 30.0 Å². The number of amides is 1. The fraction of sp³-hybridized carbons (Fsp3) is 0.333. The van der Waals surface area contributed by atoms with Gasteiger partial charge in [0.15, 0.2) is 12.6 Å². The Labute approximate surface area is 151 Å². The zero-order valence-corrected chi connectivity index (χ0v) is 15.0. The molecule has 0 fully saturated rings. The minimum atomic E-state index is -0.00102. The first-order chi connectivity index (χ1) is 12.3. The summed E-state index contributed by atoms with van der Waals surface area (Å²) < 4.78 is 5.46. The van der Waals surface area contributed by atoms with E-state index in [1.165, 1.54) is 4.88 Å². The highest BCUT2D eigenvalue weighted by molar-refractivity contribution is 7.09. The third-order valence-electron chi connectivity index (χ3n) is 3.89. The van der Waals surface area contributed by atoms with E-state index in [0.717, 1.165) is 36.9 Å². The number of guanidine groups is 1. The number of hydrogen-bond acceptors (Lipinski definition) is 4. The van der Waals surface area contributed by atoms with Crippen LogP contribution >= 0.6 is 11.3 Å². The molecule has 0 aliphatic carbocycles. The Morgan fingerprint density at radius 1 is 1.28 bits per heavy atom. The van der Waals surface area contributed by atoms with Crippen molar-refractivity contribution in [3.05, 3.63) is 46.7 Å². The average Bonchev–Trinajstić information content (AvgIpc) is 3.16. The van der Waals surface area contributed by atoms with Gasteiger partial charge in [0.1, 0.15) is 5.75 Å². The molecule has 2 aromatic rings. The number of nitrogens with zero attached hydrogens (tertiary/aromatic N) is 2. The molecule has 1 aromatic carbocycles. The van der Waals surface area contributed by atoms with Gasteiger partial charge in [0.25, 0.3) is 5.91 Å². The van der Waals surface area contributed by atoms with Crippen LogP contribution in [0.3, 0.4) is 0 Å². The molecule has 2 heterocycles. The van der Waals surface area contributed by atoms with Crippen molar-refractivity contribution in [3.8, 4) is 5.75 Å². The average molecular weight is 358 g/mol. The van der Waals surface area contributed by atoms with E-state index >= 15 is 0 Å². The van der Waals surface area contributed by atoms with Crippen molar-refractivity contribution in [2.24, 2.45) is 4.99 Å². The van der Waals surface area contributed by atoms with Crippen LogP contribution in [-0.4, -0.2) is 38.6 Å². The van der Waals surface area contributed by atoms with E-state index < -0.39 is 0 Å². The summed E-state index contributed by atoms with van der Waals surface area (Å²) in [6.45, 7) is 2.24. The zero-order chi connectivity index (χ0) is 17.5. The number of benzene rings is 1. The number of ether oxygens (including phenoxy) is 1. The predicted octanol–water partition coefficient (Wildman–Crippen LogP) is 2.23. The second-order valence-electron chi connectivity index (χ2n) is 5.59. The molecule has 25 heavy (non-hydrogen) atoms. The number of aliphatic imine (C=N–C) groups is 1. The summed E-state index contributed by atoms with van der Waals surface area (Å²) in [5, 5.41) is 8.63. The first-order valence-corrected chi connectivity index (χ1v) is 9.15. The molecule has 0 saturated heterocycles. The van der Waals surface area contributed by atoms with Crippen molar-refractivity contribution < 1.29 is 9.53 Å². The molecule has 0 radical (unpaired) electrons. The maximum absolute atomic E-state index is 12.1. The van der Waals surface area contributed by atoms with E-state index in [-0.39, 0.29) is 12.5 Å². The molecule has 1 aliphatic rings. The van der Waals surface area contributed by atoms with E-state index in [4.69, 9.17) is 4.74 Å². The fourth-order valence-corrected chi connectivity index (χ4v) is 3.29. The molecule has 0 saturated carbocycles. The number of thiophene rings is 1. The second kappa shape index (κ2) is 8.53. The highest BCUT2D eigenvalue weighted by atomic mass is 32.1. The van der Waals surface area contributed by atoms with Crippen LogP contribution in [-0.2, 0) is 11.3 Å². The number of rotatable bonds is 6. The summed E-state index contributed by atoms with van der Waals surface area (Å²) >= 11 is 1.71. The van der Waals surface area contributed by atoms with Crippen molar-refractivity contribution in [1.29, 1.82) is 0 Å². The van der Waals surface area contributed by atoms with Crippen molar-refractivity contribution in [2.75, 3.05) is 31.6 Å². The Hall–Kier alpha value is -2.54. The summed E-state index contributed by atoms with van der Waals surface area (Å²) in [5.74, 6) is 1.53. The van der Waals surface area contributed by atoms with Crippen molar-refractivity contribution >= 4 is 28.9 Å². The van der Waals surface area contributed by atoms with E-state index in [1.807, 2.05) is 30.3 Å². The lowest BCUT2D eigenvalue weighted by Crippen LogP contribution is -2.41. The Kier molecular flexibility index (Phi) is 5.90. The zero-order valence-electron chi connectivity index (χ0n) is 14.2. The van der Waals surface area contributed by atoms with Crippen LogP contribution in [0.25, 0.3) is 0 Å². The lowest BCUT2D eigenvalue weighted by Gasteiger charge is -2.29. The fourth-order valence-electron chi connectivity index (χ4n) is 2.65. The maximum atomic E-state index is 12.1. The van der Waals surface area contributed by atoms with Crippen LogP contribution in [0.4, 0.5) is 5.69 Å². The van der Waals surface area contributed by atoms with Gasteiger partial charge in [0, 0.05) is 25.0 Å². The summed E-state index contributed by atoms with van der Waals surface area (Å²) in [6.07, 6.45) is 0.819. The normalized spacial score (nSPS) is 14.0. The van der Waals surface area contributed by atoms with E-state index in [2.05, 4.69) is 27.1 Å². The Morgan fingerprint density at radius 3 is 2.96 bits per heavy atom. The molecule has 0 bridgehead atoms. The van der Waals surface area contributed by atoms with Gasteiger partial charge in [-0.1, -0.05) is 18.2 Å². The lowest BCUT2D eigenvalue weighted by atomic mass is 10.2. The van der Waals surface area contributed by atoms with E-state index in [1.54, 1.807) is 23.3 Å². The molecule has 1 amide bonds. The van der Waals surface area contributed by atoms with Crippen molar-refractivity contribution in [1.82, 2.24) is 10.6 Å². The molecular weight excluding hydrogens is 336 g/mol. The minimum absolute atomic E-state index is 0.00102. The molecule has 0 unspecified atom stereocenters. The first kappa shape index (κ1) is 17.3. The third-order valence-corrected chi connectivity index (χ3v) is 4.77. The number of anilines is 1. The number of para-hydroxylation sites is 2. The number of hydrogen-bond donors (Lipinski definition) is 2. The highest BCUT2D eigenvalue weighted by Gasteiger charge is 2.24. The number of nitrogens with one attached hydrogen (secondary N) is 2. The summed E-state index contributed by atoms with van der Waals surface area (Å²) in [5.41, 5.74) is 0.846. The topological polar surface area (TPSA) is 66.0 Å². The summed E-state index contributed by atoms with van der Waals surface area (Å²) in [7, 11) is 1.76. The first-order valence-electron chi connectivity index (χ1n) is 8.27. The second-order valence-corrected chi connectivity index (χ2v) is 6.62. The molecule has 0 spiro atoms. The van der Waals surface area contributed by atoms with Gasteiger partial charge in [-0.2, -0.15) is 0 Å². The number of fused-ring (bicyclic) bond motifs is 1. The van der Waals surface area contributed by atoms with E-state index in [0.29, 0.717) is 6.54 Å². The van der Waals surface area contributed by atoms with E-state index in [9.17, 15) is 4.79 Å². The lowest BCUT2D eigenvalue weighted by molar-refractivity contribution is -0.121. The molecule has 6 nitrogen and oxygen atoms in total. The van der Waals surface area contributed by atoms with Crippen LogP contribution in [0, 0.1) is 0 Å². The minimum Gasteiger partial charge on any atom is -0.482 e. The third kappa shape index (κ3) is 4.51. The van der Waals surface area contributed by atoms with Crippen LogP contribution < -0.4 is 20.3 Å². The highest BCUT2D eigenvalue weighted by Crippen LogP contribution is 2.31. The van der Waals surface area contributed by atoms with Crippen LogP contribution in [0.5, 0.6) is 5.75 Å². The Balaban J connectivity index is 1.45. The molecular formula is C18H22N4O2S. The van der Waals surface area contributed by atoms with Crippen LogP contribution in [0.1, 0.15) is 11.3 Å². The molecule has 0 atom stereocenters. The molecule has 132 valence electrons. The Morgan fingerprint density at radius 2 is 2.16 bits per heavy atom. The molecule has 1 aliphatic heterocycles. The van der Waals surface area contributed by atoms with Gasteiger partial charge in [-0.15, -0.1) is 11.3 Å². The smallest absolute Gasteiger partial charge is 0.265 e. The quantitative estimate of drug-likeness (QED) is 0.472. The Bertz CT molecular complexity index is 730. The standard InChI is InChI=1S/C18H22N4O2S/c1-19-18(21-12-14-6-4-11-25-14)20-9-5-10-22-15-7-2-3-8-16(15)24-13-17(22)23/h2-4,6-8,11H,5,9-10,12-13H2,1H3,(H2,19,20,21). The SMILES string of the molecule is CN=C(NCCCN1C(=O)COc2ccccc21)NCc1cccs1. The molecule has 1 aromatic heterocycles. The summed E-state index contributed by atoms with van der Waals surface area (Å²) in [4.78, 5) is 19.4. The summed E-state index contributed by atoms with van der Waals surface area (Å²) in [6, 6.07) is 11.8. The largest absolute Gasteiger partial charge is 0.482 e. The van der Waals surface area contributed by atoms with Crippen molar-refractivity contribution in [3.63, 3.8) is 0 Å². The van der Waals surface area contributed by atoms with Gasteiger partial charge in [0.05, 0.1) is 12.2 Å². The van der Waals surface area contributed by atoms with Gasteiger partial charge < -0.3 is 20.3 Å². The van der Waals surface area contributed by atoms with Crippen LogP contribution in [0.15, 0.2) is 46.8 Å². The predicted molar refractivity (Wildman–Crippen MR) is 101 cm³/mol. The van der Waals surface area contributed by atoms with Crippen molar-refractivity contribution in [2.45, 2.75) is 13.0 Å². The van der Waals surface area contributed by atoms with Gasteiger partial charge in [0.2, 0.25) is 0 Å². The number of carbonyl (C=O) groups excluding carboxylic acids is 1. The van der Waals surface area contributed by atoms with Gasteiger partial charge in [-0.25, -0.2) is 0 Å². The van der Waals surface area contributed by atoms with Gasteiger partial charge in [-0.3, -0.25) is 9.79 Å². The van der Waals surface area contributed by atoms with Gasteiger partial charge >= 0.3 is 0 Å². The maximum Gasteiger partial charge on any atom is 0.265 e. The van der Waals surface area contributed by atoms with Crippen LogP contribution in [0.2, 0.25) is 0 Å². The molecule has 2 N–H and O–H groups in total. The monoisotopic (exact) mass is 358 g/mol. The molecule has 3 rings (SSSR count).